The minimum absolute atomic E-state index is 0.306. The third kappa shape index (κ3) is 2.43. The van der Waals surface area contributed by atoms with Crippen molar-refractivity contribution in [2.24, 2.45) is 0 Å². The molecule has 1 aliphatic rings. The number of nitrogens with zero attached hydrogens (tertiary/aromatic N) is 1. The van der Waals surface area contributed by atoms with Crippen LogP contribution in [0, 0.1) is 11.6 Å². The predicted molar refractivity (Wildman–Crippen MR) is 71.7 cm³/mol. The molecule has 0 aliphatic heterocycles. The first-order valence-electron chi connectivity index (χ1n) is 6.54. The van der Waals surface area contributed by atoms with Gasteiger partial charge in [-0.15, -0.1) is 0 Å². The summed E-state index contributed by atoms with van der Waals surface area (Å²) >= 11 is 0. The first-order valence-corrected chi connectivity index (χ1v) is 6.54. The fourth-order valence-electron chi connectivity index (χ4n) is 2.42. The molecule has 2 aromatic rings. The lowest BCUT2D eigenvalue weighted by Gasteiger charge is -2.16. The number of rotatable bonds is 2. The van der Waals surface area contributed by atoms with Crippen LogP contribution < -0.4 is 10.5 Å². The van der Waals surface area contributed by atoms with E-state index in [2.05, 4.69) is 4.98 Å². The molecule has 5 heteroatoms. The van der Waals surface area contributed by atoms with Gasteiger partial charge in [0, 0.05) is 6.07 Å². The summed E-state index contributed by atoms with van der Waals surface area (Å²) in [6, 6.07) is 6.31. The third-order valence-electron chi connectivity index (χ3n) is 3.46. The van der Waals surface area contributed by atoms with Crippen molar-refractivity contribution in [3.8, 4) is 11.6 Å². The highest BCUT2D eigenvalue weighted by Crippen LogP contribution is 2.29. The van der Waals surface area contributed by atoms with Gasteiger partial charge in [0.05, 0.1) is 0 Å². The molecule has 0 saturated heterocycles. The van der Waals surface area contributed by atoms with Gasteiger partial charge in [-0.25, -0.2) is 8.78 Å². The van der Waals surface area contributed by atoms with Crippen LogP contribution in [0.1, 0.15) is 24.0 Å². The Labute approximate surface area is 115 Å². The Balaban J connectivity index is 1.89. The topological polar surface area (TPSA) is 48.1 Å². The molecule has 0 spiro atoms. The van der Waals surface area contributed by atoms with E-state index < -0.39 is 11.6 Å². The molecule has 0 amide bonds. The molecule has 2 N–H and O–H groups in total. The van der Waals surface area contributed by atoms with Crippen molar-refractivity contribution in [1.82, 2.24) is 4.98 Å². The molecule has 0 fully saturated rings. The van der Waals surface area contributed by atoms with Crippen LogP contribution in [0.4, 0.5) is 14.6 Å². The van der Waals surface area contributed by atoms with Gasteiger partial charge < -0.3 is 10.5 Å². The number of ether oxygens (including phenoxy) is 1. The summed E-state index contributed by atoms with van der Waals surface area (Å²) in [7, 11) is 0. The van der Waals surface area contributed by atoms with Crippen LogP contribution >= 0.6 is 0 Å². The van der Waals surface area contributed by atoms with Crippen LogP contribution in [0.25, 0.3) is 0 Å². The zero-order chi connectivity index (χ0) is 14.1. The second-order valence-corrected chi connectivity index (χ2v) is 4.88. The van der Waals surface area contributed by atoms with Crippen molar-refractivity contribution >= 4 is 5.82 Å². The van der Waals surface area contributed by atoms with Crippen LogP contribution in [0.3, 0.4) is 0 Å². The zero-order valence-corrected chi connectivity index (χ0v) is 10.8. The van der Waals surface area contributed by atoms with Gasteiger partial charge in [-0.1, -0.05) is 6.07 Å². The van der Waals surface area contributed by atoms with Crippen LogP contribution in [0.15, 0.2) is 24.3 Å². The van der Waals surface area contributed by atoms with Gasteiger partial charge in [0.1, 0.15) is 5.75 Å². The predicted octanol–water partition coefficient (Wildman–Crippen LogP) is 3.61. The van der Waals surface area contributed by atoms with Gasteiger partial charge in [0.15, 0.2) is 17.5 Å². The Morgan fingerprint density at radius 1 is 1.00 bits per heavy atom. The normalized spacial score (nSPS) is 13.9. The molecule has 3 rings (SSSR count). The highest BCUT2D eigenvalue weighted by atomic mass is 19.1. The van der Waals surface area contributed by atoms with E-state index in [1.54, 1.807) is 6.07 Å². The largest absolute Gasteiger partial charge is 0.436 e. The molecule has 0 unspecified atom stereocenters. The summed E-state index contributed by atoms with van der Waals surface area (Å²) in [6.45, 7) is 0. The second-order valence-electron chi connectivity index (χ2n) is 4.88. The summed E-state index contributed by atoms with van der Waals surface area (Å²) in [6.07, 6.45) is 4.39. The van der Waals surface area contributed by atoms with E-state index in [0.717, 1.165) is 19.3 Å². The molecule has 104 valence electrons. The number of halogens is 2. The standard InChI is InChI=1S/C15H14F2N2O/c16-12-8-13(17)15(19-14(12)18)20-11-6-5-9-3-1-2-4-10(9)7-11/h5-8H,1-4H2,(H2,18,19). The Kier molecular flexibility index (Phi) is 3.26. The van der Waals surface area contributed by atoms with Crippen molar-refractivity contribution in [3.63, 3.8) is 0 Å². The van der Waals surface area contributed by atoms with Crippen molar-refractivity contribution in [2.75, 3.05) is 5.73 Å². The number of hydrogen-bond donors (Lipinski definition) is 1. The number of pyridine rings is 1. The minimum Gasteiger partial charge on any atom is -0.436 e. The monoisotopic (exact) mass is 276 g/mol. The van der Waals surface area contributed by atoms with E-state index in [9.17, 15) is 8.78 Å². The van der Waals surface area contributed by atoms with Crippen molar-refractivity contribution < 1.29 is 13.5 Å². The lowest BCUT2D eigenvalue weighted by atomic mass is 9.92. The van der Waals surface area contributed by atoms with Gasteiger partial charge in [0.2, 0.25) is 0 Å². The molecule has 0 bridgehead atoms. The molecule has 1 heterocycles. The number of aromatic nitrogens is 1. The third-order valence-corrected chi connectivity index (χ3v) is 3.46. The summed E-state index contributed by atoms with van der Waals surface area (Å²) in [5, 5.41) is 0. The number of hydrogen-bond acceptors (Lipinski definition) is 3. The number of fused-ring (bicyclic) bond motifs is 1. The molecular formula is C15H14F2N2O. The molecule has 1 aliphatic carbocycles. The summed E-state index contributed by atoms with van der Waals surface area (Å²) in [4.78, 5) is 3.59. The van der Waals surface area contributed by atoms with Crippen molar-refractivity contribution in [2.45, 2.75) is 25.7 Å². The van der Waals surface area contributed by atoms with Crippen molar-refractivity contribution in [3.05, 3.63) is 47.0 Å². The maximum Gasteiger partial charge on any atom is 0.258 e. The lowest BCUT2D eigenvalue weighted by Crippen LogP contribution is -2.03. The molecule has 1 aromatic carbocycles. The van der Waals surface area contributed by atoms with E-state index >= 15 is 0 Å². The molecule has 0 radical (unpaired) electrons. The smallest absolute Gasteiger partial charge is 0.258 e. The van der Waals surface area contributed by atoms with E-state index in [0.29, 0.717) is 11.8 Å². The Hall–Kier alpha value is -2.17. The number of nitrogens with two attached hydrogens (primary N) is 1. The Morgan fingerprint density at radius 2 is 1.75 bits per heavy atom. The molecule has 0 atom stereocenters. The summed E-state index contributed by atoms with van der Waals surface area (Å²) in [5.74, 6) is -1.95. The van der Waals surface area contributed by atoms with Gasteiger partial charge in [0.25, 0.3) is 5.88 Å². The summed E-state index contributed by atoms with van der Waals surface area (Å²) < 4.78 is 32.0. The van der Waals surface area contributed by atoms with E-state index in [1.165, 1.54) is 17.5 Å². The number of aryl methyl sites for hydroxylation is 2. The average Bonchev–Trinajstić information content (AvgIpc) is 2.44. The van der Waals surface area contributed by atoms with Crippen LogP contribution in [-0.4, -0.2) is 4.98 Å². The molecule has 20 heavy (non-hydrogen) atoms. The first kappa shape index (κ1) is 12.8. The maximum atomic E-state index is 13.6. The van der Waals surface area contributed by atoms with Gasteiger partial charge in [-0.2, -0.15) is 4.98 Å². The molecule has 3 nitrogen and oxygen atoms in total. The van der Waals surface area contributed by atoms with Crippen LogP contribution in [-0.2, 0) is 12.8 Å². The lowest BCUT2D eigenvalue weighted by molar-refractivity contribution is 0.417. The SMILES string of the molecule is Nc1nc(Oc2ccc3c(c2)CCCC3)c(F)cc1F. The quantitative estimate of drug-likeness (QED) is 0.911. The van der Waals surface area contributed by atoms with Crippen LogP contribution in [0.5, 0.6) is 11.6 Å². The molecule has 1 aromatic heterocycles. The number of anilines is 1. The van der Waals surface area contributed by atoms with Gasteiger partial charge in [-0.05, 0) is 48.9 Å². The average molecular weight is 276 g/mol. The molecule has 0 saturated carbocycles. The maximum absolute atomic E-state index is 13.6. The summed E-state index contributed by atoms with van der Waals surface area (Å²) in [5.41, 5.74) is 7.84. The first-order chi connectivity index (χ1) is 9.63. The van der Waals surface area contributed by atoms with E-state index in [-0.39, 0.29) is 11.7 Å². The number of nitrogen functional groups attached to an aromatic ring is 1. The highest BCUT2D eigenvalue weighted by Gasteiger charge is 2.14. The van der Waals surface area contributed by atoms with E-state index in [1.807, 2.05) is 12.1 Å². The Bertz CT molecular complexity index is 659. The highest BCUT2D eigenvalue weighted by molar-refractivity contribution is 5.40. The molecular weight excluding hydrogens is 262 g/mol. The fourth-order valence-corrected chi connectivity index (χ4v) is 2.42. The van der Waals surface area contributed by atoms with Crippen LogP contribution in [0.2, 0.25) is 0 Å². The van der Waals surface area contributed by atoms with E-state index in [4.69, 9.17) is 10.5 Å². The fraction of sp³-hybridized carbons (Fsp3) is 0.267. The van der Waals surface area contributed by atoms with Crippen molar-refractivity contribution in [1.29, 1.82) is 0 Å². The number of benzene rings is 1. The van der Waals surface area contributed by atoms with Gasteiger partial charge in [-0.3, -0.25) is 0 Å². The minimum atomic E-state index is -0.889. The van der Waals surface area contributed by atoms with Gasteiger partial charge >= 0.3 is 0 Å². The second kappa shape index (κ2) is 5.07. The Morgan fingerprint density at radius 3 is 2.55 bits per heavy atom. The zero-order valence-electron chi connectivity index (χ0n) is 10.8.